The van der Waals surface area contributed by atoms with E-state index in [2.05, 4.69) is 48.5 Å². The summed E-state index contributed by atoms with van der Waals surface area (Å²) in [5.41, 5.74) is 5.46. The fourth-order valence-corrected chi connectivity index (χ4v) is 3.22. The highest BCUT2D eigenvalue weighted by atomic mass is 15.3. The molecule has 0 radical (unpaired) electrons. The van der Waals surface area contributed by atoms with Crippen molar-refractivity contribution in [3.8, 4) is 0 Å². The molecule has 2 atom stereocenters. The molecule has 1 aliphatic rings. The molecule has 0 fully saturated rings. The highest BCUT2D eigenvalue weighted by Crippen LogP contribution is 2.31. The molecule has 1 N–H and O–H groups in total. The van der Waals surface area contributed by atoms with Crippen LogP contribution >= 0.6 is 0 Å². The third-order valence-electron chi connectivity index (χ3n) is 4.37. The summed E-state index contributed by atoms with van der Waals surface area (Å²) in [7, 11) is 2.05. The zero-order valence-corrected chi connectivity index (χ0v) is 12.6. The molecular formula is C17H23N3. The van der Waals surface area contributed by atoms with Gasteiger partial charge in [-0.3, -0.25) is 4.68 Å². The second kappa shape index (κ2) is 5.41. The van der Waals surface area contributed by atoms with Crippen LogP contribution in [0.5, 0.6) is 0 Å². The maximum Gasteiger partial charge on any atom is 0.0540 e. The second-order valence-corrected chi connectivity index (χ2v) is 5.92. The maximum absolute atomic E-state index is 4.42. The summed E-state index contributed by atoms with van der Waals surface area (Å²) in [6.07, 6.45) is 5.64. The van der Waals surface area contributed by atoms with Crippen LogP contribution in [0, 0.1) is 6.92 Å². The van der Waals surface area contributed by atoms with E-state index in [1.807, 2.05) is 17.9 Å². The van der Waals surface area contributed by atoms with Gasteiger partial charge in [-0.2, -0.15) is 5.10 Å². The second-order valence-electron chi connectivity index (χ2n) is 5.92. The van der Waals surface area contributed by atoms with Gasteiger partial charge in [-0.15, -0.1) is 0 Å². The van der Waals surface area contributed by atoms with E-state index in [0.717, 1.165) is 6.42 Å². The molecule has 0 bridgehead atoms. The van der Waals surface area contributed by atoms with Crippen molar-refractivity contribution in [2.24, 2.45) is 7.05 Å². The quantitative estimate of drug-likeness (QED) is 0.925. The standard InChI is InChI=1S/C17H23N3/c1-12-6-4-7-14(10-12)13(2)19-16-8-5-9-17-15(16)11-18-20(17)3/h4,6-7,10-11,13,16,19H,5,8-9H2,1-3H3/t13-,16?/m0/s1. The molecule has 1 heterocycles. The van der Waals surface area contributed by atoms with E-state index in [9.17, 15) is 0 Å². The number of nitrogens with one attached hydrogen (secondary N) is 1. The average molecular weight is 269 g/mol. The van der Waals surface area contributed by atoms with Gasteiger partial charge < -0.3 is 5.32 Å². The van der Waals surface area contributed by atoms with Gasteiger partial charge in [0.05, 0.1) is 6.20 Å². The van der Waals surface area contributed by atoms with Crippen LogP contribution in [0.15, 0.2) is 30.5 Å². The maximum atomic E-state index is 4.42. The Balaban J connectivity index is 1.78. The topological polar surface area (TPSA) is 29.9 Å². The number of rotatable bonds is 3. The molecule has 1 unspecified atom stereocenters. The van der Waals surface area contributed by atoms with Crippen molar-refractivity contribution in [3.05, 3.63) is 52.8 Å². The van der Waals surface area contributed by atoms with Crippen LogP contribution in [0.2, 0.25) is 0 Å². The molecule has 0 amide bonds. The normalized spacial score (nSPS) is 19.6. The Morgan fingerprint density at radius 1 is 1.40 bits per heavy atom. The first-order valence-corrected chi connectivity index (χ1v) is 7.48. The van der Waals surface area contributed by atoms with Crippen LogP contribution in [0.3, 0.4) is 0 Å². The number of hydrogen-bond donors (Lipinski definition) is 1. The van der Waals surface area contributed by atoms with Crippen LogP contribution in [-0.4, -0.2) is 9.78 Å². The predicted octanol–water partition coefficient (Wildman–Crippen LogP) is 3.46. The Bertz CT molecular complexity index is 600. The molecule has 3 nitrogen and oxygen atoms in total. The lowest BCUT2D eigenvalue weighted by Crippen LogP contribution is -2.27. The number of fused-ring (bicyclic) bond motifs is 1. The first-order valence-electron chi connectivity index (χ1n) is 7.48. The van der Waals surface area contributed by atoms with Crippen molar-refractivity contribution in [1.82, 2.24) is 15.1 Å². The summed E-state index contributed by atoms with van der Waals surface area (Å²) in [6, 6.07) is 9.56. The van der Waals surface area contributed by atoms with E-state index in [1.54, 1.807) is 0 Å². The Morgan fingerprint density at radius 2 is 2.25 bits per heavy atom. The van der Waals surface area contributed by atoms with Gasteiger partial charge >= 0.3 is 0 Å². The van der Waals surface area contributed by atoms with Gasteiger partial charge in [0.2, 0.25) is 0 Å². The minimum atomic E-state index is 0.367. The minimum absolute atomic E-state index is 0.367. The Hall–Kier alpha value is -1.61. The van der Waals surface area contributed by atoms with E-state index < -0.39 is 0 Å². The molecule has 106 valence electrons. The summed E-state index contributed by atoms with van der Waals surface area (Å²) >= 11 is 0. The number of nitrogens with zero attached hydrogens (tertiary/aromatic N) is 2. The van der Waals surface area contributed by atoms with Gasteiger partial charge in [0.15, 0.2) is 0 Å². The van der Waals surface area contributed by atoms with E-state index in [1.165, 1.54) is 35.2 Å². The predicted molar refractivity (Wildman–Crippen MR) is 81.6 cm³/mol. The van der Waals surface area contributed by atoms with Gasteiger partial charge in [-0.05, 0) is 38.7 Å². The van der Waals surface area contributed by atoms with Crippen LogP contribution in [-0.2, 0) is 13.5 Å². The van der Waals surface area contributed by atoms with Crippen molar-refractivity contribution in [3.63, 3.8) is 0 Å². The lowest BCUT2D eigenvalue weighted by Gasteiger charge is -2.27. The Labute approximate surface area is 121 Å². The molecule has 1 aromatic carbocycles. The summed E-state index contributed by atoms with van der Waals surface area (Å²) in [4.78, 5) is 0. The van der Waals surface area contributed by atoms with Gasteiger partial charge in [0.25, 0.3) is 0 Å². The smallest absolute Gasteiger partial charge is 0.0540 e. The first kappa shape index (κ1) is 13.4. The molecule has 3 heteroatoms. The van der Waals surface area contributed by atoms with Crippen molar-refractivity contribution >= 4 is 0 Å². The summed E-state index contributed by atoms with van der Waals surface area (Å²) in [5.74, 6) is 0. The van der Waals surface area contributed by atoms with Crippen molar-refractivity contribution in [1.29, 1.82) is 0 Å². The van der Waals surface area contributed by atoms with Crippen molar-refractivity contribution in [2.45, 2.75) is 45.2 Å². The van der Waals surface area contributed by atoms with Crippen LogP contribution in [0.1, 0.15) is 54.2 Å². The zero-order chi connectivity index (χ0) is 14.1. The number of benzene rings is 1. The Kier molecular flexibility index (Phi) is 3.62. The molecular weight excluding hydrogens is 246 g/mol. The third-order valence-corrected chi connectivity index (χ3v) is 4.37. The Morgan fingerprint density at radius 3 is 3.05 bits per heavy atom. The largest absolute Gasteiger partial charge is 0.303 e. The van der Waals surface area contributed by atoms with Gasteiger partial charge in [0, 0.05) is 30.4 Å². The van der Waals surface area contributed by atoms with Gasteiger partial charge in [0.1, 0.15) is 0 Å². The molecule has 0 saturated carbocycles. The summed E-state index contributed by atoms with van der Waals surface area (Å²) in [6.45, 7) is 4.40. The minimum Gasteiger partial charge on any atom is -0.303 e. The summed E-state index contributed by atoms with van der Waals surface area (Å²) < 4.78 is 2.03. The number of aryl methyl sites for hydroxylation is 2. The lowest BCUT2D eigenvalue weighted by molar-refractivity contribution is 0.411. The fourth-order valence-electron chi connectivity index (χ4n) is 3.22. The van der Waals surface area contributed by atoms with Crippen molar-refractivity contribution in [2.75, 3.05) is 0 Å². The summed E-state index contributed by atoms with van der Waals surface area (Å²) in [5, 5.41) is 8.20. The average Bonchev–Trinajstić information content (AvgIpc) is 2.82. The molecule has 3 rings (SSSR count). The highest BCUT2D eigenvalue weighted by molar-refractivity contribution is 5.28. The fraction of sp³-hybridized carbons (Fsp3) is 0.471. The molecule has 0 spiro atoms. The molecule has 1 aromatic heterocycles. The van der Waals surface area contributed by atoms with Gasteiger partial charge in [-0.25, -0.2) is 0 Å². The lowest BCUT2D eigenvalue weighted by atomic mass is 9.92. The third kappa shape index (κ3) is 2.50. The van der Waals surface area contributed by atoms with Crippen LogP contribution < -0.4 is 5.32 Å². The van der Waals surface area contributed by atoms with Crippen LogP contribution in [0.4, 0.5) is 0 Å². The zero-order valence-electron chi connectivity index (χ0n) is 12.6. The van der Waals surface area contributed by atoms with E-state index in [-0.39, 0.29) is 0 Å². The molecule has 2 aromatic rings. The highest BCUT2D eigenvalue weighted by Gasteiger charge is 2.24. The molecule has 1 aliphatic carbocycles. The van der Waals surface area contributed by atoms with Crippen LogP contribution in [0.25, 0.3) is 0 Å². The molecule has 0 aliphatic heterocycles. The number of aromatic nitrogens is 2. The van der Waals surface area contributed by atoms with E-state index in [0.29, 0.717) is 12.1 Å². The van der Waals surface area contributed by atoms with Gasteiger partial charge in [-0.1, -0.05) is 29.8 Å². The van der Waals surface area contributed by atoms with E-state index in [4.69, 9.17) is 0 Å². The van der Waals surface area contributed by atoms with Crippen molar-refractivity contribution < 1.29 is 0 Å². The molecule has 20 heavy (non-hydrogen) atoms. The monoisotopic (exact) mass is 269 g/mol. The molecule has 0 saturated heterocycles. The van der Waals surface area contributed by atoms with E-state index >= 15 is 0 Å². The first-order chi connectivity index (χ1) is 9.65. The number of hydrogen-bond acceptors (Lipinski definition) is 2. The SMILES string of the molecule is Cc1cccc([C@H](C)NC2CCCc3c2cnn3C)c1.